The van der Waals surface area contributed by atoms with Crippen molar-refractivity contribution in [2.75, 3.05) is 23.7 Å². The summed E-state index contributed by atoms with van der Waals surface area (Å²) >= 11 is 9.35. The molecule has 1 N–H and O–H groups in total. The van der Waals surface area contributed by atoms with E-state index in [-0.39, 0.29) is 12.5 Å². The van der Waals surface area contributed by atoms with Crippen LogP contribution in [0.1, 0.15) is 25.0 Å². The average Bonchev–Trinajstić information content (AvgIpc) is 2.72. The average molecular weight is 545 g/mol. The summed E-state index contributed by atoms with van der Waals surface area (Å²) in [6.45, 7) is 5.35. The molecule has 0 heterocycles. The van der Waals surface area contributed by atoms with E-state index >= 15 is 0 Å². The topological polar surface area (TPSA) is 86.8 Å². The molecule has 2 amide bonds. The minimum atomic E-state index is -3.76. The first-order chi connectivity index (χ1) is 14.9. The number of likely N-dealkylation sites (N-methyl/N-ethyl adjacent to an activating group) is 1. The first-order valence-electron chi connectivity index (χ1n) is 9.99. The van der Waals surface area contributed by atoms with Gasteiger partial charge in [0, 0.05) is 22.6 Å². The van der Waals surface area contributed by atoms with Gasteiger partial charge in [0.05, 0.1) is 11.9 Å². The number of hydrogen-bond acceptors (Lipinski definition) is 4. The van der Waals surface area contributed by atoms with Gasteiger partial charge in [-0.2, -0.15) is 0 Å². The Morgan fingerprint density at radius 2 is 1.78 bits per heavy atom. The van der Waals surface area contributed by atoms with E-state index in [0.717, 1.165) is 26.2 Å². The van der Waals surface area contributed by atoms with E-state index in [4.69, 9.17) is 11.6 Å². The lowest BCUT2D eigenvalue weighted by Crippen LogP contribution is -2.51. The van der Waals surface area contributed by atoms with Crippen molar-refractivity contribution >= 4 is 55.1 Å². The Kier molecular flexibility index (Phi) is 9.12. The third-order valence-electron chi connectivity index (χ3n) is 4.89. The number of anilines is 1. The van der Waals surface area contributed by atoms with Crippen LogP contribution in [-0.2, 0) is 26.2 Å². The Morgan fingerprint density at radius 3 is 2.31 bits per heavy atom. The van der Waals surface area contributed by atoms with Crippen LogP contribution in [0.25, 0.3) is 0 Å². The fourth-order valence-corrected chi connectivity index (χ4v) is 4.30. The second-order valence-corrected chi connectivity index (χ2v) is 10.6. The van der Waals surface area contributed by atoms with E-state index in [9.17, 15) is 18.0 Å². The van der Waals surface area contributed by atoms with Crippen molar-refractivity contribution in [2.45, 2.75) is 33.4 Å². The van der Waals surface area contributed by atoms with Crippen LogP contribution < -0.4 is 9.62 Å². The standard InChI is InChI=1S/C22H27BrClN3O4S/c1-5-25-22(29)16(3)26(13-17-6-8-18(24)9-7-17)21(28)14-27(32(4,30)31)19-10-11-20(23)15(2)12-19/h6-12,16H,5,13-14H2,1-4H3,(H,25,29)/t16-/m0/s1. The minimum Gasteiger partial charge on any atom is -0.355 e. The molecule has 0 unspecified atom stereocenters. The van der Waals surface area contributed by atoms with Crippen LogP contribution in [0, 0.1) is 6.92 Å². The number of hydrogen-bond donors (Lipinski definition) is 1. The van der Waals surface area contributed by atoms with E-state index in [0.29, 0.717) is 17.3 Å². The molecule has 174 valence electrons. The molecule has 0 saturated heterocycles. The number of nitrogens with one attached hydrogen (secondary N) is 1. The summed E-state index contributed by atoms with van der Waals surface area (Å²) in [5.41, 5.74) is 1.97. The molecule has 0 fully saturated rings. The van der Waals surface area contributed by atoms with Gasteiger partial charge in [0.15, 0.2) is 0 Å². The lowest BCUT2D eigenvalue weighted by Gasteiger charge is -2.31. The molecule has 2 rings (SSSR count). The number of benzene rings is 2. The molecule has 2 aromatic rings. The van der Waals surface area contributed by atoms with Gasteiger partial charge in [0.25, 0.3) is 0 Å². The number of aryl methyl sites for hydroxylation is 1. The SMILES string of the molecule is CCNC(=O)[C@H](C)N(Cc1ccc(Cl)cc1)C(=O)CN(c1ccc(Br)c(C)c1)S(C)(=O)=O. The first kappa shape index (κ1) is 26.2. The van der Waals surface area contributed by atoms with Crippen LogP contribution in [0.4, 0.5) is 5.69 Å². The number of amides is 2. The maximum Gasteiger partial charge on any atom is 0.244 e. The van der Waals surface area contributed by atoms with Crippen molar-refractivity contribution in [1.29, 1.82) is 0 Å². The summed E-state index contributed by atoms with van der Waals surface area (Å²) in [7, 11) is -3.76. The summed E-state index contributed by atoms with van der Waals surface area (Å²) in [6, 6.07) is 11.2. The Labute approximate surface area is 202 Å². The molecular formula is C22H27BrClN3O4S. The zero-order valence-electron chi connectivity index (χ0n) is 18.4. The van der Waals surface area contributed by atoms with Gasteiger partial charge >= 0.3 is 0 Å². The largest absolute Gasteiger partial charge is 0.355 e. The molecule has 0 aliphatic carbocycles. The van der Waals surface area contributed by atoms with E-state index < -0.39 is 28.5 Å². The van der Waals surface area contributed by atoms with E-state index in [1.807, 2.05) is 6.92 Å². The minimum absolute atomic E-state index is 0.130. The van der Waals surface area contributed by atoms with Gasteiger partial charge < -0.3 is 10.2 Å². The molecule has 0 aromatic heterocycles. The van der Waals surface area contributed by atoms with Crippen LogP contribution in [0.2, 0.25) is 5.02 Å². The highest BCUT2D eigenvalue weighted by Crippen LogP contribution is 2.25. The molecular weight excluding hydrogens is 518 g/mol. The van der Waals surface area contributed by atoms with Crippen molar-refractivity contribution in [3.63, 3.8) is 0 Å². The van der Waals surface area contributed by atoms with Gasteiger partial charge in [-0.15, -0.1) is 0 Å². The quantitative estimate of drug-likeness (QED) is 0.521. The van der Waals surface area contributed by atoms with Gasteiger partial charge in [-0.3, -0.25) is 13.9 Å². The van der Waals surface area contributed by atoms with Crippen molar-refractivity contribution in [3.8, 4) is 0 Å². The fraction of sp³-hybridized carbons (Fsp3) is 0.364. The molecule has 0 spiro atoms. The van der Waals surface area contributed by atoms with Crippen molar-refractivity contribution < 1.29 is 18.0 Å². The van der Waals surface area contributed by atoms with Crippen molar-refractivity contribution in [2.24, 2.45) is 0 Å². The Bertz CT molecular complexity index is 1080. The molecule has 1 atom stereocenters. The van der Waals surface area contributed by atoms with Gasteiger partial charge in [0.2, 0.25) is 21.8 Å². The van der Waals surface area contributed by atoms with E-state index in [1.165, 1.54) is 4.90 Å². The number of nitrogens with zero attached hydrogens (tertiary/aromatic N) is 2. The summed E-state index contributed by atoms with van der Waals surface area (Å²) < 4.78 is 27.0. The second-order valence-electron chi connectivity index (χ2n) is 7.42. The zero-order valence-corrected chi connectivity index (χ0v) is 21.6. The van der Waals surface area contributed by atoms with Crippen LogP contribution in [0.5, 0.6) is 0 Å². The van der Waals surface area contributed by atoms with E-state index in [2.05, 4.69) is 21.2 Å². The molecule has 7 nitrogen and oxygen atoms in total. The Morgan fingerprint density at radius 1 is 1.16 bits per heavy atom. The maximum absolute atomic E-state index is 13.4. The van der Waals surface area contributed by atoms with Crippen LogP contribution in [0.3, 0.4) is 0 Å². The summed E-state index contributed by atoms with van der Waals surface area (Å²) in [5, 5.41) is 3.27. The molecule has 32 heavy (non-hydrogen) atoms. The van der Waals surface area contributed by atoms with Crippen molar-refractivity contribution in [3.05, 3.63) is 63.1 Å². The summed E-state index contributed by atoms with van der Waals surface area (Å²) in [5.74, 6) is -0.815. The number of carbonyl (C=O) groups excluding carboxylic acids is 2. The van der Waals surface area contributed by atoms with Crippen LogP contribution >= 0.6 is 27.5 Å². The first-order valence-corrected chi connectivity index (χ1v) is 13.0. The monoisotopic (exact) mass is 543 g/mol. The molecule has 0 radical (unpaired) electrons. The van der Waals surface area contributed by atoms with Gasteiger partial charge in [0.1, 0.15) is 12.6 Å². The van der Waals surface area contributed by atoms with Gasteiger partial charge in [-0.05, 0) is 62.2 Å². The van der Waals surface area contributed by atoms with Crippen LogP contribution in [0.15, 0.2) is 46.9 Å². The lowest BCUT2D eigenvalue weighted by atomic mass is 10.1. The summed E-state index contributed by atoms with van der Waals surface area (Å²) in [6.07, 6.45) is 1.05. The van der Waals surface area contributed by atoms with E-state index in [1.54, 1.807) is 56.3 Å². The number of halogens is 2. The van der Waals surface area contributed by atoms with Crippen molar-refractivity contribution in [1.82, 2.24) is 10.2 Å². The van der Waals surface area contributed by atoms with Crippen LogP contribution in [-0.4, -0.2) is 50.5 Å². The molecule has 0 aliphatic rings. The molecule has 0 aliphatic heterocycles. The zero-order chi connectivity index (χ0) is 24.1. The smallest absolute Gasteiger partial charge is 0.244 e. The normalized spacial score (nSPS) is 12.2. The Balaban J connectivity index is 2.39. The maximum atomic E-state index is 13.4. The summed E-state index contributed by atoms with van der Waals surface area (Å²) in [4.78, 5) is 27.2. The third-order valence-corrected chi connectivity index (χ3v) is 7.18. The number of rotatable bonds is 9. The molecule has 0 saturated carbocycles. The Hall–Kier alpha value is -2.10. The number of sulfonamides is 1. The molecule has 10 heteroatoms. The third kappa shape index (κ3) is 6.95. The highest BCUT2D eigenvalue weighted by atomic mass is 79.9. The number of carbonyl (C=O) groups is 2. The van der Waals surface area contributed by atoms with Gasteiger partial charge in [-0.1, -0.05) is 39.7 Å². The second kappa shape index (κ2) is 11.2. The molecule has 0 bridgehead atoms. The predicted molar refractivity (Wildman–Crippen MR) is 131 cm³/mol. The lowest BCUT2D eigenvalue weighted by molar-refractivity contribution is -0.139. The molecule has 2 aromatic carbocycles. The highest BCUT2D eigenvalue weighted by Gasteiger charge is 2.30. The van der Waals surface area contributed by atoms with Gasteiger partial charge in [-0.25, -0.2) is 8.42 Å². The highest BCUT2D eigenvalue weighted by molar-refractivity contribution is 9.10. The fourth-order valence-electron chi connectivity index (χ4n) is 3.09. The predicted octanol–water partition coefficient (Wildman–Crippen LogP) is 3.73.